The molecule has 2 aliphatic heterocycles. The molecule has 2 heterocycles. The van der Waals surface area contributed by atoms with Crippen molar-refractivity contribution in [3.05, 3.63) is 35.9 Å². The van der Waals surface area contributed by atoms with Gasteiger partial charge in [-0.3, -0.25) is 9.59 Å². The van der Waals surface area contributed by atoms with Gasteiger partial charge in [0.1, 0.15) is 0 Å². The van der Waals surface area contributed by atoms with E-state index in [2.05, 4.69) is 17.6 Å². The summed E-state index contributed by atoms with van der Waals surface area (Å²) in [5.74, 6) is 0.162. The van der Waals surface area contributed by atoms with Crippen LogP contribution < -0.4 is 10.6 Å². The van der Waals surface area contributed by atoms with Crippen LogP contribution in [0.4, 0.5) is 0 Å². The van der Waals surface area contributed by atoms with Gasteiger partial charge in [0.25, 0.3) is 0 Å². The fourth-order valence-electron chi connectivity index (χ4n) is 3.95. The number of piperidine rings is 2. The first-order valence-corrected chi connectivity index (χ1v) is 9.86. The lowest BCUT2D eigenvalue weighted by Gasteiger charge is -2.36. The first kappa shape index (κ1) is 21.7. The lowest BCUT2D eigenvalue weighted by Crippen LogP contribution is -2.48. The Morgan fingerprint density at radius 2 is 1.93 bits per heavy atom. The van der Waals surface area contributed by atoms with Crippen molar-refractivity contribution >= 4 is 24.2 Å². The van der Waals surface area contributed by atoms with Crippen molar-refractivity contribution in [2.24, 2.45) is 11.3 Å². The average Bonchev–Trinajstić information content (AvgIpc) is 2.67. The zero-order valence-corrected chi connectivity index (χ0v) is 17.0. The van der Waals surface area contributed by atoms with Gasteiger partial charge in [-0.15, -0.1) is 12.4 Å². The molecular weight excluding hydrogens is 362 g/mol. The summed E-state index contributed by atoms with van der Waals surface area (Å²) in [5, 5.41) is 6.54. The van der Waals surface area contributed by atoms with Gasteiger partial charge in [-0.05, 0) is 49.8 Å². The maximum absolute atomic E-state index is 12.6. The zero-order chi connectivity index (χ0) is 18.4. The molecule has 150 valence electrons. The Bertz CT molecular complexity index is 617. The highest BCUT2D eigenvalue weighted by atomic mass is 35.5. The second-order valence-electron chi connectivity index (χ2n) is 8.12. The number of hydrogen-bond donors (Lipinski definition) is 2. The van der Waals surface area contributed by atoms with Crippen LogP contribution in [-0.4, -0.2) is 49.4 Å². The molecule has 3 rings (SSSR count). The number of carbonyl (C=O) groups excluding carboxylic acids is 2. The number of amides is 2. The van der Waals surface area contributed by atoms with Crippen LogP contribution in [0.25, 0.3) is 0 Å². The Kier molecular flexibility index (Phi) is 8.11. The van der Waals surface area contributed by atoms with Crippen LogP contribution in [0.15, 0.2) is 30.3 Å². The van der Waals surface area contributed by atoms with E-state index in [1.54, 1.807) is 0 Å². The topological polar surface area (TPSA) is 61.4 Å². The van der Waals surface area contributed by atoms with Crippen LogP contribution in [0.5, 0.6) is 0 Å². The molecule has 2 aliphatic rings. The Hall–Kier alpha value is -1.59. The van der Waals surface area contributed by atoms with E-state index < -0.39 is 0 Å². The summed E-state index contributed by atoms with van der Waals surface area (Å²) in [6.07, 6.45) is 4.39. The van der Waals surface area contributed by atoms with E-state index in [0.717, 1.165) is 57.4 Å². The number of nitrogens with zero attached hydrogens (tertiary/aromatic N) is 1. The van der Waals surface area contributed by atoms with Gasteiger partial charge in [-0.25, -0.2) is 0 Å². The highest BCUT2D eigenvalue weighted by Gasteiger charge is 2.31. The Morgan fingerprint density at radius 1 is 1.22 bits per heavy atom. The Morgan fingerprint density at radius 3 is 2.63 bits per heavy atom. The van der Waals surface area contributed by atoms with E-state index in [1.165, 1.54) is 0 Å². The van der Waals surface area contributed by atoms with Crippen LogP contribution in [-0.2, 0) is 16.0 Å². The third-order valence-corrected chi connectivity index (χ3v) is 5.84. The lowest BCUT2D eigenvalue weighted by molar-refractivity contribution is -0.135. The number of nitrogens with one attached hydrogen (secondary N) is 2. The fourth-order valence-corrected chi connectivity index (χ4v) is 3.95. The number of rotatable bonds is 5. The Balaban J connectivity index is 0.00000261. The molecule has 2 N–H and O–H groups in total. The zero-order valence-electron chi connectivity index (χ0n) is 16.2. The summed E-state index contributed by atoms with van der Waals surface area (Å²) in [4.78, 5) is 27.1. The standard InChI is InChI=1S/C21H31N3O2.ClH/c1-21(9-11-22-12-10-21)16-23-20(26)18-8-5-13-24(15-18)19(25)14-17-6-3-2-4-7-17;/h2-4,6-7,18,22H,5,8-16H2,1H3,(H,23,26);1H. The molecule has 0 bridgehead atoms. The van der Waals surface area contributed by atoms with Crippen molar-refractivity contribution in [1.82, 2.24) is 15.5 Å². The van der Waals surface area contributed by atoms with Gasteiger partial charge in [0.15, 0.2) is 0 Å². The van der Waals surface area contributed by atoms with E-state index in [9.17, 15) is 9.59 Å². The summed E-state index contributed by atoms with van der Waals surface area (Å²) in [6.45, 7) is 6.36. The summed E-state index contributed by atoms with van der Waals surface area (Å²) >= 11 is 0. The van der Waals surface area contributed by atoms with Gasteiger partial charge in [0, 0.05) is 19.6 Å². The third-order valence-electron chi connectivity index (χ3n) is 5.84. The van der Waals surface area contributed by atoms with Crippen molar-refractivity contribution in [2.45, 2.75) is 39.0 Å². The molecule has 2 fully saturated rings. The molecule has 0 aliphatic carbocycles. The van der Waals surface area contributed by atoms with Gasteiger partial charge in [-0.1, -0.05) is 37.3 Å². The molecule has 1 atom stereocenters. The largest absolute Gasteiger partial charge is 0.355 e. The smallest absolute Gasteiger partial charge is 0.227 e. The maximum atomic E-state index is 12.6. The molecule has 6 heteroatoms. The van der Waals surface area contributed by atoms with Crippen LogP contribution >= 0.6 is 12.4 Å². The SMILES string of the molecule is CC1(CNC(=O)C2CCCN(C(=O)Cc3ccccc3)C2)CCNCC1.Cl. The third kappa shape index (κ3) is 6.22. The summed E-state index contributed by atoms with van der Waals surface area (Å²) in [7, 11) is 0. The summed E-state index contributed by atoms with van der Waals surface area (Å²) in [6, 6.07) is 9.82. The van der Waals surface area contributed by atoms with Crippen LogP contribution in [0.1, 0.15) is 38.2 Å². The fraction of sp³-hybridized carbons (Fsp3) is 0.619. The predicted octanol–water partition coefficient (Wildman–Crippen LogP) is 2.40. The van der Waals surface area contributed by atoms with E-state index in [4.69, 9.17) is 0 Å². The normalized spacial score (nSPS) is 21.8. The van der Waals surface area contributed by atoms with Crippen LogP contribution in [0, 0.1) is 11.3 Å². The molecule has 1 aromatic carbocycles. The number of benzene rings is 1. The summed E-state index contributed by atoms with van der Waals surface area (Å²) in [5.41, 5.74) is 1.22. The maximum Gasteiger partial charge on any atom is 0.227 e. The quantitative estimate of drug-likeness (QED) is 0.807. The van der Waals surface area contributed by atoms with Crippen molar-refractivity contribution in [3.63, 3.8) is 0 Å². The van der Waals surface area contributed by atoms with Crippen LogP contribution in [0.2, 0.25) is 0 Å². The molecule has 1 aromatic rings. The van der Waals surface area contributed by atoms with Crippen molar-refractivity contribution in [3.8, 4) is 0 Å². The average molecular weight is 394 g/mol. The first-order chi connectivity index (χ1) is 12.6. The van der Waals surface area contributed by atoms with E-state index in [-0.39, 0.29) is 35.6 Å². The second kappa shape index (κ2) is 10.1. The van der Waals surface area contributed by atoms with Crippen molar-refractivity contribution in [2.75, 3.05) is 32.7 Å². The monoisotopic (exact) mass is 393 g/mol. The summed E-state index contributed by atoms with van der Waals surface area (Å²) < 4.78 is 0. The Labute approximate surface area is 168 Å². The van der Waals surface area contributed by atoms with Gasteiger partial charge in [0.05, 0.1) is 12.3 Å². The highest BCUT2D eigenvalue weighted by molar-refractivity contribution is 5.85. The highest BCUT2D eigenvalue weighted by Crippen LogP contribution is 2.27. The molecule has 2 saturated heterocycles. The minimum Gasteiger partial charge on any atom is -0.355 e. The molecule has 0 radical (unpaired) electrons. The van der Waals surface area contributed by atoms with Gasteiger partial charge in [-0.2, -0.15) is 0 Å². The van der Waals surface area contributed by atoms with Gasteiger partial charge < -0.3 is 15.5 Å². The van der Waals surface area contributed by atoms with Crippen molar-refractivity contribution in [1.29, 1.82) is 0 Å². The first-order valence-electron chi connectivity index (χ1n) is 9.86. The number of likely N-dealkylation sites (tertiary alicyclic amines) is 1. The molecule has 0 spiro atoms. The van der Waals surface area contributed by atoms with Gasteiger partial charge in [0.2, 0.25) is 11.8 Å². The molecule has 5 nitrogen and oxygen atoms in total. The lowest BCUT2D eigenvalue weighted by atomic mass is 9.81. The van der Waals surface area contributed by atoms with Gasteiger partial charge >= 0.3 is 0 Å². The van der Waals surface area contributed by atoms with Crippen molar-refractivity contribution < 1.29 is 9.59 Å². The minimum absolute atomic E-state index is 0. The molecular formula is C21H32ClN3O2. The molecule has 27 heavy (non-hydrogen) atoms. The van der Waals surface area contributed by atoms with E-state index in [1.807, 2.05) is 35.2 Å². The van der Waals surface area contributed by atoms with E-state index >= 15 is 0 Å². The number of halogens is 1. The number of hydrogen-bond acceptors (Lipinski definition) is 3. The molecule has 0 aromatic heterocycles. The molecule has 1 unspecified atom stereocenters. The molecule has 0 saturated carbocycles. The molecule has 2 amide bonds. The minimum atomic E-state index is -0.0752. The second-order valence-corrected chi connectivity index (χ2v) is 8.12. The number of carbonyl (C=O) groups is 2. The van der Waals surface area contributed by atoms with Crippen LogP contribution in [0.3, 0.4) is 0 Å². The van der Waals surface area contributed by atoms with E-state index in [0.29, 0.717) is 13.0 Å². The predicted molar refractivity (Wildman–Crippen MR) is 110 cm³/mol.